The van der Waals surface area contributed by atoms with Gasteiger partial charge in [-0.15, -0.1) is 11.8 Å². The normalized spacial score (nSPS) is 16.8. The first-order valence-corrected chi connectivity index (χ1v) is 7.64. The van der Waals surface area contributed by atoms with E-state index in [2.05, 4.69) is 10.3 Å². The van der Waals surface area contributed by atoms with E-state index >= 15 is 0 Å². The van der Waals surface area contributed by atoms with Gasteiger partial charge in [-0.1, -0.05) is 12.8 Å². The average Bonchev–Trinajstić information content (AvgIpc) is 2.94. The fourth-order valence-electron chi connectivity index (χ4n) is 2.42. The number of aliphatic carboxylic acids is 1. The standard InChI is InChI=1S/C14H18N2O3S/c17-12(9-20-11-3-7-15-8-4-11)16-10-14(13(18)19)5-1-2-6-14/h3-4,7-8H,1-2,5-6,9-10H2,(H,16,17)(H,18,19). The summed E-state index contributed by atoms with van der Waals surface area (Å²) in [5.41, 5.74) is -0.753. The van der Waals surface area contributed by atoms with Crippen molar-refractivity contribution in [2.24, 2.45) is 5.41 Å². The Bertz CT molecular complexity index is 473. The zero-order valence-corrected chi connectivity index (χ0v) is 12.0. The maximum absolute atomic E-state index is 11.8. The second kappa shape index (κ2) is 6.74. The molecule has 6 heteroatoms. The fourth-order valence-corrected chi connectivity index (χ4v) is 3.13. The molecule has 0 bridgehead atoms. The Kier molecular flexibility index (Phi) is 5.00. The molecule has 2 rings (SSSR count). The molecule has 0 saturated heterocycles. The van der Waals surface area contributed by atoms with E-state index in [1.807, 2.05) is 12.1 Å². The van der Waals surface area contributed by atoms with Crippen molar-refractivity contribution in [1.29, 1.82) is 0 Å². The molecule has 0 spiro atoms. The van der Waals surface area contributed by atoms with Crippen LogP contribution in [0.2, 0.25) is 0 Å². The van der Waals surface area contributed by atoms with Crippen molar-refractivity contribution >= 4 is 23.6 Å². The van der Waals surface area contributed by atoms with E-state index < -0.39 is 11.4 Å². The summed E-state index contributed by atoms with van der Waals surface area (Å²) in [7, 11) is 0. The van der Waals surface area contributed by atoms with Crippen molar-refractivity contribution in [3.8, 4) is 0 Å². The zero-order valence-electron chi connectivity index (χ0n) is 11.2. The minimum atomic E-state index is -0.794. The Labute approximate surface area is 122 Å². The van der Waals surface area contributed by atoms with Gasteiger partial charge in [0.25, 0.3) is 0 Å². The van der Waals surface area contributed by atoms with Gasteiger partial charge in [-0.25, -0.2) is 0 Å². The molecule has 0 aromatic carbocycles. The van der Waals surface area contributed by atoms with Crippen LogP contribution in [0.25, 0.3) is 0 Å². The predicted molar refractivity (Wildman–Crippen MR) is 76.5 cm³/mol. The summed E-state index contributed by atoms with van der Waals surface area (Å²) in [5, 5.41) is 12.1. The summed E-state index contributed by atoms with van der Waals surface area (Å²) in [6.45, 7) is 0.234. The summed E-state index contributed by atoms with van der Waals surface area (Å²) in [6, 6.07) is 3.68. The number of carbonyl (C=O) groups is 2. The number of carboxylic acid groups (broad SMARTS) is 1. The highest BCUT2D eigenvalue weighted by Gasteiger charge is 2.41. The van der Waals surface area contributed by atoms with Crippen molar-refractivity contribution in [3.63, 3.8) is 0 Å². The molecule has 20 heavy (non-hydrogen) atoms. The minimum absolute atomic E-state index is 0.126. The third kappa shape index (κ3) is 3.72. The van der Waals surface area contributed by atoms with Gasteiger partial charge >= 0.3 is 5.97 Å². The highest BCUT2D eigenvalue weighted by Crippen LogP contribution is 2.37. The molecule has 1 saturated carbocycles. The lowest BCUT2D eigenvalue weighted by atomic mass is 9.86. The van der Waals surface area contributed by atoms with Crippen LogP contribution in [0.3, 0.4) is 0 Å². The maximum Gasteiger partial charge on any atom is 0.311 e. The number of hydrogen-bond donors (Lipinski definition) is 2. The summed E-state index contributed by atoms with van der Waals surface area (Å²) in [6.07, 6.45) is 6.51. The highest BCUT2D eigenvalue weighted by molar-refractivity contribution is 8.00. The van der Waals surface area contributed by atoms with E-state index in [4.69, 9.17) is 0 Å². The van der Waals surface area contributed by atoms with Crippen molar-refractivity contribution in [3.05, 3.63) is 24.5 Å². The topological polar surface area (TPSA) is 79.3 Å². The van der Waals surface area contributed by atoms with Crippen molar-refractivity contribution in [2.75, 3.05) is 12.3 Å². The van der Waals surface area contributed by atoms with Crippen molar-refractivity contribution < 1.29 is 14.7 Å². The number of hydrogen-bond acceptors (Lipinski definition) is 4. The lowest BCUT2D eigenvalue weighted by Gasteiger charge is -2.23. The van der Waals surface area contributed by atoms with Crippen LogP contribution >= 0.6 is 11.8 Å². The lowest BCUT2D eigenvalue weighted by Crippen LogP contribution is -2.41. The lowest BCUT2D eigenvalue weighted by molar-refractivity contribution is -0.148. The third-order valence-electron chi connectivity index (χ3n) is 3.66. The van der Waals surface area contributed by atoms with Crippen LogP contribution in [0.5, 0.6) is 0 Å². The number of carboxylic acids is 1. The Balaban J connectivity index is 1.78. The van der Waals surface area contributed by atoms with Crippen molar-refractivity contribution in [1.82, 2.24) is 10.3 Å². The molecule has 2 N–H and O–H groups in total. The van der Waals surface area contributed by atoms with Crippen LogP contribution in [0.4, 0.5) is 0 Å². The van der Waals surface area contributed by atoms with Crippen molar-refractivity contribution in [2.45, 2.75) is 30.6 Å². The molecule has 1 heterocycles. The fraction of sp³-hybridized carbons (Fsp3) is 0.500. The van der Waals surface area contributed by atoms with Gasteiger partial charge in [0.2, 0.25) is 5.91 Å². The Morgan fingerprint density at radius 3 is 2.55 bits per heavy atom. The molecular weight excluding hydrogens is 276 g/mol. The maximum atomic E-state index is 11.8. The monoisotopic (exact) mass is 294 g/mol. The van der Waals surface area contributed by atoms with Gasteiger partial charge in [-0.2, -0.15) is 0 Å². The van der Waals surface area contributed by atoms with Crippen LogP contribution in [0, 0.1) is 5.41 Å². The van der Waals surface area contributed by atoms with Gasteiger partial charge < -0.3 is 10.4 Å². The Morgan fingerprint density at radius 1 is 1.30 bits per heavy atom. The van der Waals surface area contributed by atoms with E-state index in [-0.39, 0.29) is 12.5 Å². The first kappa shape index (κ1) is 14.8. The van der Waals surface area contributed by atoms with Gasteiger partial charge in [0.05, 0.1) is 11.2 Å². The smallest absolute Gasteiger partial charge is 0.311 e. The number of amides is 1. The van der Waals surface area contributed by atoms with Crippen LogP contribution in [-0.4, -0.2) is 34.3 Å². The van der Waals surface area contributed by atoms with Crippen LogP contribution < -0.4 is 5.32 Å². The molecule has 0 unspecified atom stereocenters. The van der Waals surface area contributed by atoms with Crippen LogP contribution in [0.1, 0.15) is 25.7 Å². The molecule has 0 atom stereocenters. The minimum Gasteiger partial charge on any atom is -0.481 e. The third-order valence-corrected chi connectivity index (χ3v) is 4.67. The molecule has 5 nitrogen and oxygen atoms in total. The largest absolute Gasteiger partial charge is 0.481 e. The Morgan fingerprint density at radius 2 is 1.95 bits per heavy atom. The van der Waals surface area contributed by atoms with E-state index in [9.17, 15) is 14.7 Å². The van der Waals surface area contributed by atoms with Gasteiger partial charge in [-0.3, -0.25) is 14.6 Å². The molecule has 1 aliphatic rings. The number of carbonyl (C=O) groups excluding carboxylic acids is 1. The summed E-state index contributed by atoms with van der Waals surface area (Å²) in [4.78, 5) is 28.0. The molecule has 1 aromatic rings. The van der Waals surface area contributed by atoms with Crippen LogP contribution in [0.15, 0.2) is 29.4 Å². The zero-order chi connectivity index (χ0) is 14.4. The first-order valence-electron chi connectivity index (χ1n) is 6.65. The predicted octanol–water partition coefficient (Wildman–Crippen LogP) is 1.93. The molecule has 1 amide bonds. The van der Waals surface area contributed by atoms with E-state index in [0.29, 0.717) is 18.6 Å². The van der Waals surface area contributed by atoms with Gasteiger partial charge in [0.1, 0.15) is 0 Å². The second-order valence-electron chi connectivity index (χ2n) is 5.04. The summed E-state index contributed by atoms with van der Waals surface area (Å²) in [5.74, 6) is -0.629. The number of nitrogens with zero attached hydrogens (tertiary/aromatic N) is 1. The first-order chi connectivity index (χ1) is 9.62. The number of aromatic nitrogens is 1. The number of thioether (sulfide) groups is 1. The van der Waals surface area contributed by atoms with E-state index in [0.717, 1.165) is 17.7 Å². The van der Waals surface area contributed by atoms with E-state index in [1.165, 1.54) is 11.8 Å². The van der Waals surface area contributed by atoms with Gasteiger partial charge in [0.15, 0.2) is 0 Å². The average molecular weight is 294 g/mol. The molecule has 1 aliphatic carbocycles. The molecule has 1 fully saturated rings. The molecule has 0 radical (unpaired) electrons. The number of rotatable bonds is 6. The SMILES string of the molecule is O=C(CSc1ccncc1)NCC1(C(=O)O)CCCC1. The van der Waals surface area contributed by atoms with Crippen LogP contribution in [-0.2, 0) is 9.59 Å². The molecule has 108 valence electrons. The molecular formula is C14H18N2O3S. The number of pyridine rings is 1. The highest BCUT2D eigenvalue weighted by atomic mass is 32.2. The number of nitrogens with one attached hydrogen (secondary N) is 1. The summed E-state index contributed by atoms with van der Waals surface area (Å²) < 4.78 is 0. The molecule has 0 aliphatic heterocycles. The Hall–Kier alpha value is -1.56. The van der Waals surface area contributed by atoms with Gasteiger partial charge in [-0.05, 0) is 25.0 Å². The van der Waals surface area contributed by atoms with Gasteiger partial charge in [0, 0.05) is 23.8 Å². The second-order valence-corrected chi connectivity index (χ2v) is 6.09. The van der Waals surface area contributed by atoms with E-state index in [1.54, 1.807) is 12.4 Å². The quantitative estimate of drug-likeness (QED) is 0.784. The molecule has 1 aromatic heterocycles. The summed E-state index contributed by atoms with van der Waals surface area (Å²) >= 11 is 1.42.